The second kappa shape index (κ2) is 6.00. The van der Waals surface area contributed by atoms with Crippen molar-refractivity contribution in [3.63, 3.8) is 0 Å². The van der Waals surface area contributed by atoms with Gasteiger partial charge in [0.2, 0.25) is 5.89 Å². The number of aromatic nitrogens is 3. The zero-order valence-electron chi connectivity index (χ0n) is 12.9. The summed E-state index contributed by atoms with van der Waals surface area (Å²) >= 11 is 0. The molecule has 0 N–H and O–H groups in total. The first kappa shape index (κ1) is 14.2. The van der Waals surface area contributed by atoms with E-state index in [1.165, 1.54) is 6.42 Å². The van der Waals surface area contributed by atoms with Crippen LogP contribution in [0.4, 0.5) is 0 Å². The molecule has 0 aromatic carbocycles. The Balaban J connectivity index is 1.52. The second-order valence-electron chi connectivity index (χ2n) is 5.82. The molecule has 0 bridgehead atoms. The van der Waals surface area contributed by atoms with Gasteiger partial charge in [-0.05, 0) is 38.4 Å². The third-order valence-electron chi connectivity index (χ3n) is 4.14. The Hall–Kier alpha value is -2.41. The SMILES string of the molecule is Cc1cc(C2CCCCN2Cc2nnc(-c3ccco3)o2)no1. The van der Waals surface area contributed by atoms with E-state index in [0.29, 0.717) is 24.1 Å². The molecule has 0 amide bonds. The first-order valence-corrected chi connectivity index (χ1v) is 7.83. The summed E-state index contributed by atoms with van der Waals surface area (Å²) in [6.07, 6.45) is 5.00. The van der Waals surface area contributed by atoms with E-state index in [2.05, 4.69) is 20.3 Å². The highest BCUT2D eigenvalue weighted by atomic mass is 16.5. The van der Waals surface area contributed by atoms with Crippen LogP contribution in [0.2, 0.25) is 0 Å². The molecule has 7 heteroatoms. The van der Waals surface area contributed by atoms with E-state index >= 15 is 0 Å². The summed E-state index contributed by atoms with van der Waals surface area (Å²) in [5.74, 6) is 2.42. The van der Waals surface area contributed by atoms with Crippen molar-refractivity contribution in [3.05, 3.63) is 41.8 Å². The van der Waals surface area contributed by atoms with Crippen LogP contribution in [0.25, 0.3) is 11.7 Å². The molecule has 3 aromatic rings. The maximum atomic E-state index is 5.72. The monoisotopic (exact) mass is 314 g/mol. The molecule has 1 unspecified atom stereocenters. The van der Waals surface area contributed by atoms with Crippen LogP contribution in [0.1, 0.15) is 42.6 Å². The van der Waals surface area contributed by atoms with Crippen molar-refractivity contribution in [1.29, 1.82) is 0 Å². The number of piperidine rings is 1. The van der Waals surface area contributed by atoms with Gasteiger partial charge in [0.15, 0.2) is 5.76 Å². The second-order valence-corrected chi connectivity index (χ2v) is 5.82. The Labute approximate surface area is 133 Å². The molecule has 0 aliphatic carbocycles. The number of hydrogen-bond acceptors (Lipinski definition) is 7. The van der Waals surface area contributed by atoms with Crippen molar-refractivity contribution in [2.45, 2.75) is 38.8 Å². The van der Waals surface area contributed by atoms with E-state index in [0.717, 1.165) is 30.8 Å². The number of hydrogen-bond donors (Lipinski definition) is 0. The number of aryl methyl sites for hydroxylation is 1. The molecule has 3 aromatic heterocycles. The van der Waals surface area contributed by atoms with Crippen LogP contribution < -0.4 is 0 Å². The van der Waals surface area contributed by atoms with Gasteiger partial charge in [-0.3, -0.25) is 4.90 Å². The molecule has 1 aliphatic rings. The maximum Gasteiger partial charge on any atom is 0.283 e. The van der Waals surface area contributed by atoms with E-state index in [1.807, 2.05) is 13.0 Å². The van der Waals surface area contributed by atoms with E-state index in [4.69, 9.17) is 13.4 Å². The van der Waals surface area contributed by atoms with Crippen LogP contribution in [0, 0.1) is 6.92 Å². The van der Waals surface area contributed by atoms with E-state index in [-0.39, 0.29) is 6.04 Å². The van der Waals surface area contributed by atoms with E-state index < -0.39 is 0 Å². The average molecular weight is 314 g/mol. The first-order valence-electron chi connectivity index (χ1n) is 7.83. The molecule has 23 heavy (non-hydrogen) atoms. The molecule has 1 fully saturated rings. The molecular formula is C16H18N4O3. The average Bonchev–Trinajstić information content (AvgIpc) is 3.28. The lowest BCUT2D eigenvalue weighted by Gasteiger charge is -2.33. The lowest BCUT2D eigenvalue weighted by Crippen LogP contribution is -2.33. The molecule has 0 spiro atoms. The fourth-order valence-corrected chi connectivity index (χ4v) is 3.05. The van der Waals surface area contributed by atoms with Gasteiger partial charge in [0.25, 0.3) is 5.89 Å². The molecule has 4 rings (SSSR count). The van der Waals surface area contributed by atoms with Crippen molar-refractivity contribution in [1.82, 2.24) is 20.3 Å². The summed E-state index contributed by atoms with van der Waals surface area (Å²) in [5.41, 5.74) is 0.980. The normalized spacial score (nSPS) is 19.3. The lowest BCUT2D eigenvalue weighted by atomic mass is 9.99. The summed E-state index contributed by atoms with van der Waals surface area (Å²) in [7, 11) is 0. The summed E-state index contributed by atoms with van der Waals surface area (Å²) in [6.45, 7) is 3.50. The van der Waals surface area contributed by atoms with Gasteiger partial charge in [0, 0.05) is 6.07 Å². The molecule has 1 aliphatic heterocycles. The third kappa shape index (κ3) is 2.92. The fraction of sp³-hybridized carbons (Fsp3) is 0.438. The molecular weight excluding hydrogens is 296 g/mol. The van der Waals surface area contributed by atoms with Crippen molar-refractivity contribution in [2.24, 2.45) is 0 Å². The molecule has 7 nitrogen and oxygen atoms in total. The number of likely N-dealkylation sites (tertiary alicyclic amines) is 1. The topological polar surface area (TPSA) is 81.3 Å². The Morgan fingerprint density at radius 3 is 3.04 bits per heavy atom. The van der Waals surface area contributed by atoms with Crippen molar-refractivity contribution in [3.8, 4) is 11.7 Å². The first-order chi connectivity index (χ1) is 11.3. The summed E-state index contributed by atoms with van der Waals surface area (Å²) in [5, 5.41) is 12.4. The molecule has 4 heterocycles. The molecule has 0 radical (unpaired) electrons. The quantitative estimate of drug-likeness (QED) is 0.730. The van der Waals surface area contributed by atoms with Crippen LogP contribution in [0.15, 0.2) is 37.8 Å². The lowest BCUT2D eigenvalue weighted by molar-refractivity contribution is 0.122. The minimum absolute atomic E-state index is 0.236. The van der Waals surface area contributed by atoms with E-state index in [1.54, 1.807) is 18.4 Å². The van der Waals surface area contributed by atoms with Crippen LogP contribution in [0.5, 0.6) is 0 Å². The number of rotatable bonds is 4. The minimum Gasteiger partial charge on any atom is -0.459 e. The van der Waals surface area contributed by atoms with Crippen molar-refractivity contribution < 1.29 is 13.4 Å². The van der Waals surface area contributed by atoms with Gasteiger partial charge in [0.05, 0.1) is 18.8 Å². The minimum atomic E-state index is 0.236. The fourth-order valence-electron chi connectivity index (χ4n) is 3.05. The molecule has 1 atom stereocenters. The molecule has 1 saturated heterocycles. The van der Waals surface area contributed by atoms with Gasteiger partial charge >= 0.3 is 0 Å². The smallest absolute Gasteiger partial charge is 0.283 e. The highest BCUT2D eigenvalue weighted by molar-refractivity contribution is 5.42. The molecule has 120 valence electrons. The van der Waals surface area contributed by atoms with Crippen molar-refractivity contribution >= 4 is 0 Å². The van der Waals surface area contributed by atoms with Gasteiger partial charge in [-0.1, -0.05) is 11.6 Å². The number of furan rings is 1. The predicted octanol–water partition coefficient (Wildman–Crippen LogP) is 3.35. The van der Waals surface area contributed by atoms with Gasteiger partial charge in [-0.25, -0.2) is 0 Å². The Bertz CT molecular complexity index is 762. The Morgan fingerprint density at radius 2 is 2.26 bits per heavy atom. The van der Waals surface area contributed by atoms with Gasteiger partial charge in [-0.15, -0.1) is 10.2 Å². The summed E-state index contributed by atoms with van der Waals surface area (Å²) in [4.78, 5) is 2.32. The Kier molecular flexibility index (Phi) is 3.70. The van der Waals surface area contributed by atoms with Crippen LogP contribution in [-0.2, 0) is 6.54 Å². The van der Waals surface area contributed by atoms with Crippen LogP contribution in [0.3, 0.4) is 0 Å². The standard InChI is InChI=1S/C16H18N4O3/c1-11-9-12(19-23-11)13-5-2-3-7-20(13)10-15-17-18-16(22-15)14-6-4-8-21-14/h4,6,8-9,13H,2-3,5,7,10H2,1H3. The summed E-state index contributed by atoms with van der Waals surface area (Å²) < 4.78 is 16.2. The predicted molar refractivity (Wildman–Crippen MR) is 80.2 cm³/mol. The summed E-state index contributed by atoms with van der Waals surface area (Å²) in [6, 6.07) is 5.84. The Morgan fingerprint density at radius 1 is 1.30 bits per heavy atom. The zero-order valence-corrected chi connectivity index (χ0v) is 12.9. The van der Waals surface area contributed by atoms with Crippen LogP contribution >= 0.6 is 0 Å². The van der Waals surface area contributed by atoms with Crippen LogP contribution in [-0.4, -0.2) is 26.8 Å². The van der Waals surface area contributed by atoms with Gasteiger partial charge in [0.1, 0.15) is 11.5 Å². The third-order valence-corrected chi connectivity index (χ3v) is 4.14. The number of nitrogens with zero attached hydrogens (tertiary/aromatic N) is 4. The maximum absolute atomic E-state index is 5.72. The van der Waals surface area contributed by atoms with Gasteiger partial charge in [-0.2, -0.15) is 0 Å². The molecule has 0 saturated carbocycles. The zero-order chi connectivity index (χ0) is 15.6. The van der Waals surface area contributed by atoms with Gasteiger partial charge < -0.3 is 13.4 Å². The van der Waals surface area contributed by atoms with E-state index in [9.17, 15) is 0 Å². The largest absolute Gasteiger partial charge is 0.459 e. The highest BCUT2D eigenvalue weighted by Gasteiger charge is 2.28. The highest BCUT2D eigenvalue weighted by Crippen LogP contribution is 2.32. The van der Waals surface area contributed by atoms with Crippen molar-refractivity contribution in [2.75, 3.05) is 6.54 Å².